The predicted octanol–water partition coefficient (Wildman–Crippen LogP) is 5.74. The van der Waals surface area contributed by atoms with Gasteiger partial charge in [0.15, 0.2) is 0 Å². The second kappa shape index (κ2) is 6.83. The fourth-order valence-corrected chi connectivity index (χ4v) is 5.77. The van der Waals surface area contributed by atoms with Gasteiger partial charge in [-0.15, -0.1) is 0 Å². The maximum Gasteiger partial charge on any atom is 0.00954 e. The van der Waals surface area contributed by atoms with Crippen molar-refractivity contribution in [2.24, 2.45) is 29.1 Å². The first-order valence-electron chi connectivity index (χ1n) is 10.2. The third-order valence-electron chi connectivity index (χ3n) is 7.74. The molecule has 128 valence electrons. The van der Waals surface area contributed by atoms with Crippen molar-refractivity contribution in [2.75, 3.05) is 13.1 Å². The Morgan fingerprint density at radius 3 is 1.82 bits per heavy atom. The fraction of sp³-hybridized carbons (Fsp3) is 1.00. The highest BCUT2D eigenvalue weighted by Gasteiger charge is 2.43. The van der Waals surface area contributed by atoms with Crippen molar-refractivity contribution >= 4 is 0 Å². The minimum absolute atomic E-state index is 0.751. The predicted molar refractivity (Wildman–Crippen MR) is 96.0 cm³/mol. The molecule has 1 heterocycles. The first-order chi connectivity index (χ1) is 10.5. The molecular weight excluding hydrogens is 266 g/mol. The van der Waals surface area contributed by atoms with Crippen LogP contribution in [0, 0.1) is 29.1 Å². The van der Waals surface area contributed by atoms with Crippen LogP contribution in [0.3, 0.4) is 0 Å². The molecular formula is C21H39N. The Kier molecular flexibility index (Phi) is 5.22. The van der Waals surface area contributed by atoms with Crippen molar-refractivity contribution in [1.82, 2.24) is 4.90 Å². The van der Waals surface area contributed by atoms with Gasteiger partial charge in [0.2, 0.25) is 0 Å². The highest BCUT2D eigenvalue weighted by molar-refractivity contribution is 4.95. The second-order valence-electron chi connectivity index (χ2n) is 9.60. The maximum atomic E-state index is 2.88. The summed E-state index contributed by atoms with van der Waals surface area (Å²) in [5, 5.41) is 0. The van der Waals surface area contributed by atoms with Crippen molar-refractivity contribution in [3.8, 4) is 0 Å². The van der Waals surface area contributed by atoms with Crippen molar-refractivity contribution in [2.45, 2.75) is 91.5 Å². The smallest absolute Gasteiger partial charge is 0.00954 e. The lowest BCUT2D eigenvalue weighted by molar-refractivity contribution is 0.0475. The van der Waals surface area contributed by atoms with E-state index in [-0.39, 0.29) is 0 Å². The van der Waals surface area contributed by atoms with Crippen LogP contribution in [-0.4, -0.2) is 24.0 Å². The molecule has 2 saturated carbocycles. The lowest BCUT2D eigenvalue weighted by Gasteiger charge is -2.45. The SMILES string of the molecule is CC(C)C1CCC(N2CCC3(CCC(C(C)C)C3)CC2)CC1. The minimum Gasteiger partial charge on any atom is -0.300 e. The highest BCUT2D eigenvalue weighted by Crippen LogP contribution is 2.51. The van der Waals surface area contributed by atoms with Gasteiger partial charge in [-0.25, -0.2) is 0 Å². The average Bonchev–Trinajstić information content (AvgIpc) is 2.92. The number of rotatable bonds is 3. The normalized spacial score (nSPS) is 36.5. The van der Waals surface area contributed by atoms with Crippen LogP contribution in [0.25, 0.3) is 0 Å². The molecule has 0 N–H and O–H groups in total. The van der Waals surface area contributed by atoms with Crippen LogP contribution in [0.2, 0.25) is 0 Å². The summed E-state index contributed by atoms with van der Waals surface area (Å²) in [6.45, 7) is 12.5. The van der Waals surface area contributed by atoms with E-state index in [1.807, 2.05) is 0 Å². The van der Waals surface area contributed by atoms with Gasteiger partial charge in [0, 0.05) is 6.04 Å². The molecule has 1 saturated heterocycles. The van der Waals surface area contributed by atoms with E-state index < -0.39 is 0 Å². The summed E-state index contributed by atoms with van der Waals surface area (Å²) in [5.41, 5.74) is 0.751. The molecule has 3 fully saturated rings. The highest BCUT2D eigenvalue weighted by atomic mass is 15.2. The van der Waals surface area contributed by atoms with E-state index in [1.165, 1.54) is 64.5 Å². The van der Waals surface area contributed by atoms with Crippen LogP contribution in [0.4, 0.5) is 0 Å². The summed E-state index contributed by atoms with van der Waals surface area (Å²) in [6, 6.07) is 0.926. The first-order valence-corrected chi connectivity index (χ1v) is 10.2. The van der Waals surface area contributed by atoms with E-state index in [0.29, 0.717) is 0 Å². The molecule has 0 aromatic rings. The number of hydrogen-bond donors (Lipinski definition) is 0. The molecule has 1 heteroatoms. The zero-order chi connectivity index (χ0) is 15.7. The van der Waals surface area contributed by atoms with Gasteiger partial charge >= 0.3 is 0 Å². The van der Waals surface area contributed by atoms with Gasteiger partial charge < -0.3 is 4.90 Å². The van der Waals surface area contributed by atoms with Crippen LogP contribution >= 0.6 is 0 Å². The Morgan fingerprint density at radius 2 is 1.32 bits per heavy atom. The van der Waals surface area contributed by atoms with E-state index in [4.69, 9.17) is 0 Å². The Morgan fingerprint density at radius 1 is 0.727 bits per heavy atom. The number of piperidine rings is 1. The van der Waals surface area contributed by atoms with Crippen LogP contribution in [0.5, 0.6) is 0 Å². The molecule has 3 rings (SSSR count). The molecule has 0 bridgehead atoms. The van der Waals surface area contributed by atoms with Crippen LogP contribution in [0.1, 0.15) is 85.5 Å². The maximum absolute atomic E-state index is 2.88. The molecule has 3 aliphatic rings. The summed E-state index contributed by atoms with van der Waals surface area (Å²) in [5.74, 6) is 3.84. The van der Waals surface area contributed by atoms with Crippen molar-refractivity contribution in [1.29, 1.82) is 0 Å². The minimum atomic E-state index is 0.751. The number of hydrogen-bond acceptors (Lipinski definition) is 1. The van der Waals surface area contributed by atoms with Crippen LogP contribution in [-0.2, 0) is 0 Å². The molecule has 1 spiro atoms. The van der Waals surface area contributed by atoms with Crippen molar-refractivity contribution in [3.05, 3.63) is 0 Å². The Bertz CT molecular complexity index is 343. The van der Waals surface area contributed by atoms with Crippen LogP contribution < -0.4 is 0 Å². The largest absolute Gasteiger partial charge is 0.300 e. The van der Waals surface area contributed by atoms with E-state index in [0.717, 1.165) is 35.1 Å². The molecule has 0 amide bonds. The molecule has 1 atom stereocenters. The lowest BCUT2D eigenvalue weighted by atomic mass is 9.74. The van der Waals surface area contributed by atoms with Gasteiger partial charge in [-0.1, -0.05) is 27.7 Å². The second-order valence-corrected chi connectivity index (χ2v) is 9.60. The molecule has 0 aromatic heterocycles. The number of nitrogens with zero attached hydrogens (tertiary/aromatic N) is 1. The van der Waals surface area contributed by atoms with E-state index >= 15 is 0 Å². The number of likely N-dealkylation sites (tertiary alicyclic amines) is 1. The molecule has 0 radical (unpaired) electrons. The van der Waals surface area contributed by atoms with Gasteiger partial charge in [0.25, 0.3) is 0 Å². The van der Waals surface area contributed by atoms with Crippen molar-refractivity contribution in [3.63, 3.8) is 0 Å². The molecule has 22 heavy (non-hydrogen) atoms. The van der Waals surface area contributed by atoms with E-state index in [2.05, 4.69) is 32.6 Å². The van der Waals surface area contributed by atoms with Gasteiger partial charge in [0.05, 0.1) is 0 Å². The lowest BCUT2D eigenvalue weighted by Crippen LogP contribution is -2.46. The average molecular weight is 306 g/mol. The summed E-state index contributed by atoms with van der Waals surface area (Å²) < 4.78 is 0. The first kappa shape index (κ1) is 16.8. The molecule has 1 nitrogen and oxygen atoms in total. The zero-order valence-electron chi connectivity index (χ0n) is 15.6. The van der Waals surface area contributed by atoms with E-state index in [1.54, 1.807) is 6.42 Å². The Balaban J connectivity index is 1.47. The third-order valence-corrected chi connectivity index (χ3v) is 7.74. The van der Waals surface area contributed by atoms with Gasteiger partial charge in [-0.2, -0.15) is 0 Å². The Labute approximate surface area is 139 Å². The fourth-order valence-electron chi connectivity index (χ4n) is 5.77. The van der Waals surface area contributed by atoms with Gasteiger partial charge in [-0.05, 0) is 100.0 Å². The topological polar surface area (TPSA) is 3.24 Å². The molecule has 0 aromatic carbocycles. The molecule has 1 aliphatic heterocycles. The monoisotopic (exact) mass is 305 g/mol. The Hall–Kier alpha value is -0.0400. The van der Waals surface area contributed by atoms with Gasteiger partial charge in [0.1, 0.15) is 0 Å². The van der Waals surface area contributed by atoms with Crippen molar-refractivity contribution < 1.29 is 0 Å². The summed E-state index contributed by atoms with van der Waals surface area (Å²) in [4.78, 5) is 2.88. The quantitative estimate of drug-likeness (QED) is 0.642. The van der Waals surface area contributed by atoms with Crippen LogP contribution in [0.15, 0.2) is 0 Å². The van der Waals surface area contributed by atoms with Gasteiger partial charge in [-0.3, -0.25) is 0 Å². The molecule has 2 aliphatic carbocycles. The molecule has 1 unspecified atom stereocenters. The third kappa shape index (κ3) is 3.55. The summed E-state index contributed by atoms with van der Waals surface area (Å²) in [7, 11) is 0. The summed E-state index contributed by atoms with van der Waals surface area (Å²) >= 11 is 0. The zero-order valence-corrected chi connectivity index (χ0v) is 15.6. The standard InChI is InChI=1S/C21H39N/c1-16(2)18-5-7-20(8-6-18)22-13-11-21(12-14-22)10-9-19(15-21)17(3)4/h16-20H,5-15H2,1-4H3. The van der Waals surface area contributed by atoms with E-state index in [9.17, 15) is 0 Å². The summed E-state index contributed by atoms with van der Waals surface area (Å²) in [6.07, 6.45) is 13.5.